The molecular weight excluding hydrogens is 791 g/mol. The lowest BCUT2D eigenvalue weighted by Crippen LogP contribution is -2.81. The number of rotatable bonds is 9. The Morgan fingerprint density at radius 3 is 2.53 bits per heavy atom. The van der Waals surface area contributed by atoms with Crippen molar-refractivity contribution in [3.63, 3.8) is 0 Å². The number of carbonyl (C=O) groups excluding carboxylic acids is 4. The molecular formula is C48H58N5O9+. The number of esters is 3. The number of nitrogens with zero attached hydrogens (tertiary/aromatic N) is 3. The number of methoxy groups -OCH3 is 3. The van der Waals surface area contributed by atoms with Crippen LogP contribution in [0.1, 0.15) is 63.3 Å². The predicted octanol–water partition coefficient (Wildman–Crippen LogP) is 4.28. The lowest BCUT2D eigenvalue weighted by Gasteiger charge is -2.63. The Morgan fingerprint density at radius 2 is 1.82 bits per heavy atom. The van der Waals surface area contributed by atoms with Crippen molar-refractivity contribution < 1.29 is 47.7 Å². The third-order valence-corrected chi connectivity index (χ3v) is 16.5. The van der Waals surface area contributed by atoms with Gasteiger partial charge >= 0.3 is 17.9 Å². The van der Waals surface area contributed by atoms with Crippen LogP contribution in [-0.4, -0.2) is 134 Å². The quantitative estimate of drug-likeness (QED) is 0.122. The summed E-state index contributed by atoms with van der Waals surface area (Å²) in [4.78, 5) is 64.6. The van der Waals surface area contributed by atoms with Crippen LogP contribution < -0.4 is 15.0 Å². The molecule has 14 nitrogen and oxygen atoms in total. The first kappa shape index (κ1) is 40.9. The van der Waals surface area contributed by atoms with Gasteiger partial charge in [-0.2, -0.15) is 0 Å². The van der Waals surface area contributed by atoms with E-state index >= 15 is 0 Å². The molecule has 6 aliphatic heterocycles. The maximum atomic E-state index is 15.0. The van der Waals surface area contributed by atoms with Gasteiger partial charge in [-0.15, -0.1) is 0 Å². The fourth-order valence-corrected chi connectivity index (χ4v) is 14.8. The molecule has 328 valence electrons. The Balaban J connectivity index is 1.08. The van der Waals surface area contributed by atoms with Gasteiger partial charge in [0.25, 0.3) is 5.91 Å². The van der Waals surface area contributed by atoms with Gasteiger partial charge in [-0.05, 0) is 61.1 Å². The summed E-state index contributed by atoms with van der Waals surface area (Å²) in [5.41, 5.74) is 1.22. The maximum Gasteiger partial charge on any atom is 0.344 e. The van der Waals surface area contributed by atoms with Gasteiger partial charge < -0.3 is 43.7 Å². The Hall–Kier alpha value is -5.18. The number of benzene rings is 2. The van der Waals surface area contributed by atoms with Crippen molar-refractivity contribution in [2.24, 2.45) is 11.3 Å². The van der Waals surface area contributed by atoms with Crippen LogP contribution in [0.4, 0.5) is 11.4 Å². The number of amides is 1. The average Bonchev–Trinajstić information content (AvgIpc) is 3.91. The van der Waals surface area contributed by atoms with Gasteiger partial charge in [0.1, 0.15) is 11.8 Å². The second-order valence-electron chi connectivity index (χ2n) is 19.0. The van der Waals surface area contributed by atoms with Gasteiger partial charge in [0, 0.05) is 78.1 Å². The standard InChI is InChI=1S/C48H57N5O9/c1-8-29-21-28-24-47(43(56)60-6)38-31(30-13-10-11-14-33(30)50-38)15-20-53(25-28,39(29)47)26-37(55)49-34-22-32-35(23-36(34)59-5)51(4)41-46(32)17-19-52-18-12-16-45(9-2,40(46)52)42(62-27(3)54)48(41,58)44(57)61-7/h10-14,16,21-23,28,39-42,50,58H,8-9,15,17-20,24-26H2,1-7H3/p+1/t28-,39-,40+,41-,42-,45-,46-,47+,48+,53-/m1/s1. The number of ether oxygens (including phenoxy) is 4. The van der Waals surface area contributed by atoms with Crippen molar-refractivity contribution in [1.29, 1.82) is 0 Å². The minimum absolute atomic E-state index is 0.0599. The minimum Gasteiger partial charge on any atom is -0.494 e. The number of nitrogens with one attached hydrogen (secondary N) is 2. The lowest BCUT2D eigenvalue weighted by atomic mass is 9.47. The molecule has 2 aromatic carbocycles. The van der Waals surface area contributed by atoms with Crippen molar-refractivity contribution >= 4 is 46.1 Å². The summed E-state index contributed by atoms with van der Waals surface area (Å²) in [5, 5.41) is 17.5. The number of hydrogen-bond acceptors (Lipinski definition) is 11. The summed E-state index contributed by atoms with van der Waals surface area (Å²) < 4.78 is 23.7. The van der Waals surface area contributed by atoms with Crippen LogP contribution in [0.25, 0.3) is 10.9 Å². The van der Waals surface area contributed by atoms with Gasteiger partial charge in [0.05, 0.1) is 46.1 Å². The van der Waals surface area contributed by atoms with E-state index in [1.807, 2.05) is 55.3 Å². The van der Waals surface area contributed by atoms with Crippen molar-refractivity contribution in [3.05, 3.63) is 77.0 Å². The molecule has 3 N–H and O–H groups in total. The van der Waals surface area contributed by atoms with E-state index in [2.05, 4.69) is 40.3 Å². The van der Waals surface area contributed by atoms with Gasteiger partial charge in [-0.3, -0.25) is 19.3 Å². The Labute approximate surface area is 361 Å². The van der Waals surface area contributed by atoms with E-state index < -0.39 is 45.9 Å². The van der Waals surface area contributed by atoms with Crippen LogP contribution in [0.15, 0.2) is 60.2 Å². The number of carbonyl (C=O) groups is 4. The smallest absolute Gasteiger partial charge is 0.344 e. The number of H-pyrrole nitrogens is 1. The lowest BCUT2D eigenvalue weighted by molar-refractivity contribution is -0.951. The third kappa shape index (κ3) is 4.97. The van der Waals surface area contributed by atoms with E-state index in [4.69, 9.17) is 18.9 Å². The number of para-hydroxylation sites is 1. The van der Waals surface area contributed by atoms with Gasteiger partial charge in [0.2, 0.25) is 5.60 Å². The predicted molar refractivity (Wildman–Crippen MR) is 231 cm³/mol. The molecule has 62 heavy (non-hydrogen) atoms. The number of anilines is 2. The molecule has 7 heterocycles. The second-order valence-corrected chi connectivity index (χ2v) is 19.0. The van der Waals surface area contributed by atoms with Gasteiger partial charge in [-0.1, -0.05) is 50.3 Å². The monoisotopic (exact) mass is 848 g/mol. The summed E-state index contributed by atoms with van der Waals surface area (Å²) in [7, 11) is 6.13. The van der Waals surface area contributed by atoms with E-state index in [-0.39, 0.29) is 36.4 Å². The SMILES string of the molecule is CCC1=C[C@@H]2C[C@]3(C(=O)OC)c4[nH]c5ccccc5c4CC[N@+](CC(=O)Nc4cc5c(cc4OC)N(C)[C@H]4[C@@](O)(C(=O)OC)[C@H](OC(C)=O)[C@]6(CC)C=CCN7CC[C@]54[C@@H]76)(C2)[C@H]13. The third-order valence-electron chi connectivity index (χ3n) is 16.5. The number of hydrogen-bond donors (Lipinski definition) is 3. The maximum absolute atomic E-state index is 15.0. The highest BCUT2D eigenvalue weighted by molar-refractivity contribution is 5.96. The normalized spacial score (nSPS) is 35.8. The molecule has 4 bridgehead atoms. The van der Waals surface area contributed by atoms with E-state index in [0.717, 1.165) is 46.4 Å². The zero-order chi connectivity index (χ0) is 43.7. The summed E-state index contributed by atoms with van der Waals surface area (Å²) in [6.07, 6.45) is 8.28. The fraction of sp³-hybridized carbons (Fsp3) is 0.542. The highest BCUT2D eigenvalue weighted by atomic mass is 16.6. The molecule has 11 rings (SSSR count). The molecule has 2 aliphatic carbocycles. The van der Waals surface area contributed by atoms with Crippen LogP contribution in [0.5, 0.6) is 5.75 Å². The Morgan fingerprint density at radius 1 is 1.05 bits per heavy atom. The Bertz CT molecular complexity index is 2500. The molecule has 1 amide bonds. The van der Waals surface area contributed by atoms with Crippen LogP contribution in [-0.2, 0) is 50.6 Å². The summed E-state index contributed by atoms with van der Waals surface area (Å²) in [6, 6.07) is 10.6. The van der Waals surface area contributed by atoms with Gasteiger partial charge in [-0.25, -0.2) is 4.79 Å². The zero-order valence-corrected chi connectivity index (χ0v) is 36.7. The molecule has 8 aliphatic rings. The first-order valence-electron chi connectivity index (χ1n) is 22.1. The van der Waals surface area contributed by atoms with E-state index in [9.17, 15) is 24.3 Å². The number of aromatic nitrogens is 1. The molecule has 0 unspecified atom stereocenters. The van der Waals surface area contributed by atoms with Crippen molar-refractivity contribution in [1.82, 2.24) is 9.88 Å². The minimum atomic E-state index is -2.27. The number of quaternary nitrogens is 1. The Kier molecular flexibility index (Phi) is 9.17. The van der Waals surface area contributed by atoms with Crippen LogP contribution in [0.3, 0.4) is 0 Å². The van der Waals surface area contributed by atoms with Crippen LogP contribution in [0.2, 0.25) is 0 Å². The number of piperidine rings is 1. The molecule has 2 saturated heterocycles. The second kappa shape index (κ2) is 13.9. The van der Waals surface area contributed by atoms with Crippen LogP contribution in [0, 0.1) is 11.3 Å². The highest BCUT2D eigenvalue weighted by Crippen LogP contribution is 2.68. The first-order chi connectivity index (χ1) is 29.7. The van der Waals surface area contributed by atoms with Crippen LogP contribution >= 0.6 is 0 Å². The molecule has 14 heteroatoms. The largest absolute Gasteiger partial charge is 0.494 e. The van der Waals surface area contributed by atoms with Crippen molar-refractivity contribution in [3.8, 4) is 5.75 Å². The summed E-state index contributed by atoms with van der Waals surface area (Å²) in [6.45, 7) is 8.28. The molecule has 0 radical (unpaired) electrons. The van der Waals surface area contributed by atoms with E-state index in [0.29, 0.717) is 61.2 Å². The molecule has 1 spiro atoms. The van der Waals surface area contributed by atoms with E-state index in [1.165, 1.54) is 26.7 Å². The molecule has 1 saturated carbocycles. The van der Waals surface area contributed by atoms with E-state index in [1.54, 1.807) is 7.11 Å². The zero-order valence-electron chi connectivity index (χ0n) is 36.7. The molecule has 1 aromatic heterocycles. The topological polar surface area (TPSA) is 160 Å². The number of fused-ring (bicyclic) bond motifs is 4. The average molecular weight is 849 g/mol. The fourth-order valence-electron chi connectivity index (χ4n) is 14.8. The first-order valence-corrected chi connectivity index (χ1v) is 22.1. The number of aliphatic hydroxyl groups is 1. The van der Waals surface area contributed by atoms with Crippen molar-refractivity contribution in [2.45, 2.75) is 93.5 Å². The van der Waals surface area contributed by atoms with Gasteiger partial charge in [0.15, 0.2) is 18.1 Å². The summed E-state index contributed by atoms with van der Waals surface area (Å²) >= 11 is 0. The molecule has 10 atom stereocenters. The number of likely N-dealkylation sites (N-methyl/N-ethyl adjacent to an activating group) is 1. The summed E-state index contributed by atoms with van der Waals surface area (Å²) in [5.74, 6) is -1.47. The van der Waals surface area contributed by atoms with Crippen molar-refractivity contribution in [2.75, 3.05) is 71.3 Å². The highest BCUT2D eigenvalue weighted by Gasteiger charge is 2.80. The number of aromatic amines is 1. The molecule has 3 aromatic rings. The molecule has 3 fully saturated rings.